The van der Waals surface area contributed by atoms with E-state index in [2.05, 4.69) is 64.6 Å². The molecule has 3 amide bonds. The number of benzene rings is 3. The smallest absolute Gasteiger partial charge is 0.253 e. The summed E-state index contributed by atoms with van der Waals surface area (Å²) in [5.41, 5.74) is 6.77. The Morgan fingerprint density at radius 1 is 0.818 bits per heavy atom. The number of rotatable bonds is 6. The summed E-state index contributed by atoms with van der Waals surface area (Å²) in [6.45, 7) is 10.1. The first-order chi connectivity index (χ1) is 21.3. The fourth-order valence-corrected chi connectivity index (χ4v) is 10.6. The second-order valence-electron chi connectivity index (χ2n) is 13.0. The molecule has 0 radical (unpaired) electrons. The number of carbonyl (C=O) groups is 3. The number of ether oxygens (including phenoxy) is 1. The van der Waals surface area contributed by atoms with Crippen LogP contribution in [0.25, 0.3) is 0 Å². The highest BCUT2D eigenvalue weighted by Gasteiger charge is 2.53. The highest BCUT2D eigenvalue weighted by molar-refractivity contribution is 7.01. The molecule has 0 unspecified atom stereocenters. The first-order valence-corrected chi connectivity index (χ1v) is 18.7. The number of nitrogens with zero attached hydrogens (tertiary/aromatic N) is 3. The van der Waals surface area contributed by atoms with Crippen molar-refractivity contribution in [3.05, 3.63) is 94.6 Å². The van der Waals surface area contributed by atoms with E-state index in [4.69, 9.17) is 4.74 Å². The van der Waals surface area contributed by atoms with Crippen LogP contribution in [0.5, 0.6) is 0 Å². The van der Waals surface area contributed by atoms with Crippen LogP contribution >= 0.6 is 0 Å². The van der Waals surface area contributed by atoms with Crippen molar-refractivity contribution in [2.75, 3.05) is 49.1 Å². The van der Waals surface area contributed by atoms with Crippen molar-refractivity contribution >= 4 is 47.5 Å². The second kappa shape index (κ2) is 9.90. The van der Waals surface area contributed by atoms with Gasteiger partial charge in [-0.2, -0.15) is 0 Å². The maximum atomic E-state index is 13.4. The predicted octanol–water partition coefficient (Wildman–Crippen LogP) is 2.72. The minimum atomic E-state index is -2.13. The van der Waals surface area contributed by atoms with E-state index in [0.717, 1.165) is 42.2 Å². The zero-order valence-electron chi connectivity index (χ0n) is 25.2. The van der Waals surface area contributed by atoms with Crippen LogP contribution in [0.15, 0.2) is 66.7 Å². The maximum Gasteiger partial charge on any atom is 0.253 e. The van der Waals surface area contributed by atoms with Gasteiger partial charge in [-0.05, 0) is 81.9 Å². The number of amides is 3. The normalized spacial score (nSPS) is 20.3. The predicted molar refractivity (Wildman–Crippen MR) is 173 cm³/mol. The van der Waals surface area contributed by atoms with Gasteiger partial charge in [-0.1, -0.05) is 31.3 Å². The molecule has 5 aliphatic heterocycles. The topological polar surface area (TPSA) is 82.2 Å². The van der Waals surface area contributed by atoms with Gasteiger partial charge in [-0.25, -0.2) is 0 Å². The summed E-state index contributed by atoms with van der Waals surface area (Å²) >= 11 is 0. The summed E-state index contributed by atoms with van der Waals surface area (Å²) in [6, 6.07) is 19.8. The molecular formula is C35H36N4O4Si. The van der Waals surface area contributed by atoms with Gasteiger partial charge in [0.15, 0.2) is 0 Å². The van der Waals surface area contributed by atoms with Crippen molar-refractivity contribution in [2.45, 2.75) is 38.1 Å². The molecule has 0 bridgehead atoms. The molecule has 2 saturated heterocycles. The van der Waals surface area contributed by atoms with E-state index in [1.165, 1.54) is 57.9 Å². The average molecular weight is 605 g/mol. The fourth-order valence-electron chi connectivity index (χ4n) is 7.46. The van der Waals surface area contributed by atoms with Gasteiger partial charge < -0.3 is 19.9 Å². The van der Waals surface area contributed by atoms with Crippen LogP contribution in [-0.4, -0.2) is 70.0 Å². The molecule has 3 aromatic carbocycles. The van der Waals surface area contributed by atoms with Crippen LogP contribution in [0.4, 0.5) is 11.4 Å². The average Bonchev–Trinajstić information content (AvgIpc) is 3.50. The number of fused-ring (bicyclic) bond motifs is 6. The molecule has 1 spiro atoms. The van der Waals surface area contributed by atoms with E-state index in [0.29, 0.717) is 12.2 Å². The van der Waals surface area contributed by atoms with Gasteiger partial charge in [0.2, 0.25) is 0 Å². The largest absolute Gasteiger partial charge is 0.371 e. The van der Waals surface area contributed by atoms with Gasteiger partial charge in [-0.15, -0.1) is 0 Å². The Bertz CT molecular complexity index is 1690. The minimum absolute atomic E-state index is 0.132. The summed E-state index contributed by atoms with van der Waals surface area (Å²) in [5.74, 6) is -0.942. The molecule has 5 heterocycles. The maximum absolute atomic E-state index is 13.4. The molecular weight excluding hydrogens is 568 g/mol. The first kappa shape index (κ1) is 27.3. The second-order valence-corrected chi connectivity index (χ2v) is 17.4. The monoisotopic (exact) mass is 604 g/mol. The fraction of sp³-hybridized carbons (Fsp3) is 0.343. The Morgan fingerprint density at radius 2 is 1.41 bits per heavy atom. The number of anilines is 2. The minimum Gasteiger partial charge on any atom is -0.371 e. The SMILES string of the molecule is C[Si]1(C)c2cc(N3CCC3)ccc2C2(OCc3ccc(C(=O)NCCN4C(=O)C=CC4=O)cc32)c2ccc(N3CCC3)cc21. The molecule has 9 heteroatoms. The van der Waals surface area contributed by atoms with Crippen molar-refractivity contribution in [2.24, 2.45) is 0 Å². The standard InChI is InChI=1S/C35H36N4O4Si/c1-44(2)30-20-25(37-14-3-15-37)7-9-27(30)35(28-10-8-26(21-31(28)44)38-16-4-17-38)29-19-23(5-6-24(29)22-43-35)34(42)36-13-18-39-32(40)11-12-33(39)41/h5-12,19-21H,3-4,13-18,22H2,1-2H3,(H,36,42). The number of hydrogen-bond acceptors (Lipinski definition) is 6. The third-order valence-electron chi connectivity index (χ3n) is 10.3. The molecule has 0 saturated carbocycles. The molecule has 2 fully saturated rings. The van der Waals surface area contributed by atoms with Crippen LogP contribution in [0.2, 0.25) is 13.1 Å². The molecule has 0 aromatic heterocycles. The lowest BCUT2D eigenvalue weighted by Crippen LogP contribution is -2.63. The van der Waals surface area contributed by atoms with Crippen molar-refractivity contribution in [3.8, 4) is 0 Å². The Morgan fingerprint density at radius 3 is 1.95 bits per heavy atom. The molecule has 3 aromatic rings. The molecule has 224 valence electrons. The summed E-state index contributed by atoms with van der Waals surface area (Å²) in [6.07, 6.45) is 4.97. The lowest BCUT2D eigenvalue weighted by atomic mass is 9.78. The molecule has 0 atom stereocenters. The number of imide groups is 1. The van der Waals surface area contributed by atoms with Gasteiger partial charge >= 0.3 is 0 Å². The summed E-state index contributed by atoms with van der Waals surface area (Å²) in [5, 5.41) is 5.70. The van der Waals surface area contributed by atoms with Crippen LogP contribution in [-0.2, 0) is 26.5 Å². The van der Waals surface area contributed by atoms with Crippen LogP contribution < -0.4 is 25.5 Å². The molecule has 8 rings (SSSR count). The lowest BCUT2D eigenvalue weighted by Gasteiger charge is -2.46. The van der Waals surface area contributed by atoms with Crippen LogP contribution in [0.3, 0.4) is 0 Å². The summed E-state index contributed by atoms with van der Waals surface area (Å²) < 4.78 is 6.96. The molecule has 5 aliphatic rings. The Labute approximate surface area is 258 Å². The van der Waals surface area contributed by atoms with Gasteiger partial charge in [0.25, 0.3) is 17.7 Å². The van der Waals surface area contributed by atoms with Gasteiger partial charge in [-0.3, -0.25) is 19.3 Å². The highest BCUT2D eigenvalue weighted by atomic mass is 28.3. The van der Waals surface area contributed by atoms with Crippen LogP contribution in [0.1, 0.15) is 45.5 Å². The molecule has 0 aliphatic carbocycles. The van der Waals surface area contributed by atoms with Crippen molar-refractivity contribution in [1.29, 1.82) is 0 Å². The van der Waals surface area contributed by atoms with Crippen molar-refractivity contribution in [3.63, 3.8) is 0 Å². The van der Waals surface area contributed by atoms with Gasteiger partial charge in [0, 0.05) is 68.4 Å². The van der Waals surface area contributed by atoms with Gasteiger partial charge in [0.05, 0.1) is 6.61 Å². The van der Waals surface area contributed by atoms with E-state index < -0.39 is 13.7 Å². The number of carbonyl (C=O) groups excluding carboxylic acids is 3. The van der Waals surface area contributed by atoms with Gasteiger partial charge in [0.1, 0.15) is 13.7 Å². The van der Waals surface area contributed by atoms with Crippen molar-refractivity contribution in [1.82, 2.24) is 10.2 Å². The number of nitrogens with one attached hydrogen (secondary N) is 1. The molecule has 8 nitrogen and oxygen atoms in total. The zero-order valence-corrected chi connectivity index (χ0v) is 26.2. The Hall–Kier alpha value is -4.21. The lowest BCUT2D eigenvalue weighted by molar-refractivity contribution is -0.136. The van der Waals surface area contributed by atoms with E-state index in [1.807, 2.05) is 18.2 Å². The zero-order chi connectivity index (χ0) is 30.2. The Balaban J connectivity index is 1.21. The number of hydrogen-bond donors (Lipinski definition) is 1. The quantitative estimate of drug-likeness (QED) is 0.344. The van der Waals surface area contributed by atoms with Crippen molar-refractivity contribution < 1.29 is 19.1 Å². The van der Waals surface area contributed by atoms with E-state index in [9.17, 15) is 14.4 Å². The van der Waals surface area contributed by atoms with E-state index >= 15 is 0 Å². The van der Waals surface area contributed by atoms with E-state index in [1.54, 1.807) is 0 Å². The molecule has 44 heavy (non-hydrogen) atoms. The summed E-state index contributed by atoms with van der Waals surface area (Å²) in [4.78, 5) is 43.3. The van der Waals surface area contributed by atoms with E-state index in [-0.39, 0.29) is 30.8 Å². The highest BCUT2D eigenvalue weighted by Crippen LogP contribution is 2.50. The Kier molecular flexibility index (Phi) is 6.15. The third kappa shape index (κ3) is 3.95. The summed E-state index contributed by atoms with van der Waals surface area (Å²) in [7, 11) is -2.13. The van der Waals surface area contributed by atoms with Crippen LogP contribution in [0, 0.1) is 0 Å². The molecule has 1 N–H and O–H groups in total. The third-order valence-corrected chi connectivity index (χ3v) is 13.8. The first-order valence-electron chi connectivity index (χ1n) is 15.7.